The lowest BCUT2D eigenvalue weighted by Crippen LogP contribution is -2.20. The maximum Gasteiger partial charge on any atom is 0.275 e. The quantitative estimate of drug-likeness (QED) is 0.521. The Kier molecular flexibility index (Phi) is 5.03. The summed E-state index contributed by atoms with van der Waals surface area (Å²) in [4.78, 5) is 22.4. The van der Waals surface area contributed by atoms with E-state index in [1.807, 2.05) is 0 Å². The number of non-ortho nitro benzene ring substituents is 1. The summed E-state index contributed by atoms with van der Waals surface area (Å²) in [7, 11) is 1.48. The maximum absolute atomic E-state index is 12.1. The number of benzene rings is 2. The van der Waals surface area contributed by atoms with E-state index in [0.717, 1.165) is 0 Å². The highest BCUT2D eigenvalue weighted by Gasteiger charge is 2.11. The Hall–Kier alpha value is -3.22. The molecular formula is C16H15N3O4. The SMILES string of the molecule is COc1ccccc1C(=O)N/N=C(/C)c1cccc([N+](=O)[O-])c1. The second-order valence-electron chi connectivity index (χ2n) is 4.65. The number of carbonyl (C=O) groups excluding carboxylic acids is 1. The summed E-state index contributed by atoms with van der Waals surface area (Å²) in [5.74, 6) is 0.0143. The van der Waals surface area contributed by atoms with Gasteiger partial charge in [0.2, 0.25) is 0 Å². The molecule has 2 aromatic carbocycles. The lowest BCUT2D eigenvalue weighted by molar-refractivity contribution is -0.384. The molecule has 0 bridgehead atoms. The molecule has 0 fully saturated rings. The van der Waals surface area contributed by atoms with Crippen LogP contribution in [0.15, 0.2) is 53.6 Å². The Balaban J connectivity index is 2.17. The van der Waals surface area contributed by atoms with Crippen LogP contribution in [0.1, 0.15) is 22.8 Å². The predicted molar refractivity (Wildman–Crippen MR) is 85.8 cm³/mol. The number of hydrazone groups is 1. The fraction of sp³-hybridized carbons (Fsp3) is 0.125. The average Bonchev–Trinajstić information content (AvgIpc) is 2.59. The molecule has 0 aliphatic heterocycles. The molecule has 0 unspecified atom stereocenters. The van der Waals surface area contributed by atoms with Crippen LogP contribution in [0.2, 0.25) is 0 Å². The van der Waals surface area contributed by atoms with Crippen LogP contribution in [0.5, 0.6) is 5.75 Å². The monoisotopic (exact) mass is 313 g/mol. The van der Waals surface area contributed by atoms with Crippen LogP contribution in [0.4, 0.5) is 5.69 Å². The van der Waals surface area contributed by atoms with Crippen LogP contribution in [0, 0.1) is 10.1 Å². The number of nitro groups is 1. The predicted octanol–water partition coefficient (Wildman–Crippen LogP) is 2.76. The highest BCUT2D eigenvalue weighted by Crippen LogP contribution is 2.17. The molecule has 0 radical (unpaired) electrons. The molecule has 2 aromatic rings. The smallest absolute Gasteiger partial charge is 0.275 e. The number of nitro benzene ring substituents is 1. The molecule has 0 aliphatic rings. The van der Waals surface area contributed by atoms with E-state index in [2.05, 4.69) is 10.5 Å². The van der Waals surface area contributed by atoms with Gasteiger partial charge in [0, 0.05) is 17.7 Å². The Morgan fingerprint density at radius 1 is 1.22 bits per heavy atom. The molecular weight excluding hydrogens is 298 g/mol. The number of amides is 1. The van der Waals surface area contributed by atoms with Crippen molar-refractivity contribution >= 4 is 17.3 Å². The van der Waals surface area contributed by atoms with Gasteiger partial charge in [0.05, 0.1) is 23.3 Å². The number of rotatable bonds is 5. The van der Waals surface area contributed by atoms with Crippen molar-refractivity contribution in [3.63, 3.8) is 0 Å². The molecule has 2 rings (SSSR count). The fourth-order valence-corrected chi connectivity index (χ4v) is 1.94. The summed E-state index contributed by atoms with van der Waals surface area (Å²) in [6, 6.07) is 12.8. The number of methoxy groups -OCH3 is 1. The number of carbonyl (C=O) groups is 1. The summed E-state index contributed by atoms with van der Waals surface area (Å²) in [5.41, 5.74) is 3.75. The van der Waals surface area contributed by atoms with E-state index in [9.17, 15) is 14.9 Å². The minimum absolute atomic E-state index is 0.0342. The standard InChI is InChI=1S/C16H15N3O4/c1-11(12-6-5-7-13(10-12)19(21)22)17-18-16(20)14-8-3-4-9-15(14)23-2/h3-10H,1-2H3,(H,18,20)/b17-11-. The van der Waals surface area contributed by atoms with Gasteiger partial charge >= 0.3 is 0 Å². The number of hydrogen-bond acceptors (Lipinski definition) is 5. The second kappa shape index (κ2) is 7.17. The molecule has 0 aliphatic carbocycles. The Bertz CT molecular complexity index is 771. The van der Waals surface area contributed by atoms with Crippen LogP contribution in [0.3, 0.4) is 0 Å². The minimum Gasteiger partial charge on any atom is -0.496 e. The van der Waals surface area contributed by atoms with E-state index in [4.69, 9.17) is 4.74 Å². The van der Waals surface area contributed by atoms with E-state index in [1.165, 1.54) is 19.2 Å². The first-order chi connectivity index (χ1) is 11.0. The lowest BCUT2D eigenvalue weighted by atomic mass is 10.1. The highest BCUT2D eigenvalue weighted by atomic mass is 16.6. The van der Waals surface area contributed by atoms with Gasteiger partial charge in [-0.05, 0) is 19.1 Å². The van der Waals surface area contributed by atoms with Gasteiger partial charge in [-0.1, -0.05) is 24.3 Å². The zero-order valence-corrected chi connectivity index (χ0v) is 12.6. The summed E-state index contributed by atoms with van der Waals surface area (Å²) in [6.07, 6.45) is 0. The number of nitrogens with one attached hydrogen (secondary N) is 1. The van der Waals surface area contributed by atoms with E-state index < -0.39 is 10.8 Å². The lowest BCUT2D eigenvalue weighted by Gasteiger charge is -2.07. The van der Waals surface area contributed by atoms with Crippen LogP contribution in [0.25, 0.3) is 0 Å². The normalized spacial score (nSPS) is 11.0. The van der Waals surface area contributed by atoms with Gasteiger partial charge in [-0.2, -0.15) is 5.10 Å². The van der Waals surface area contributed by atoms with Gasteiger partial charge in [-0.15, -0.1) is 0 Å². The maximum atomic E-state index is 12.1. The minimum atomic E-state index is -0.482. The molecule has 0 aromatic heterocycles. The van der Waals surface area contributed by atoms with Gasteiger partial charge in [-0.25, -0.2) is 5.43 Å². The topological polar surface area (TPSA) is 93.8 Å². The summed E-state index contributed by atoms with van der Waals surface area (Å²) < 4.78 is 5.12. The van der Waals surface area contributed by atoms with Crippen LogP contribution in [-0.4, -0.2) is 23.7 Å². The Labute approximate surface area is 132 Å². The third-order valence-electron chi connectivity index (χ3n) is 3.15. The van der Waals surface area contributed by atoms with Gasteiger partial charge in [0.1, 0.15) is 5.75 Å². The summed E-state index contributed by atoms with van der Waals surface area (Å²) >= 11 is 0. The molecule has 0 saturated heterocycles. The van der Waals surface area contributed by atoms with Crippen LogP contribution in [-0.2, 0) is 0 Å². The first-order valence-electron chi connectivity index (χ1n) is 6.75. The molecule has 7 heteroatoms. The van der Waals surface area contributed by atoms with Crippen molar-refractivity contribution in [3.05, 3.63) is 69.8 Å². The van der Waals surface area contributed by atoms with Crippen molar-refractivity contribution in [1.82, 2.24) is 5.43 Å². The van der Waals surface area contributed by atoms with Crippen molar-refractivity contribution < 1.29 is 14.5 Å². The number of ether oxygens (including phenoxy) is 1. The third kappa shape index (κ3) is 3.91. The van der Waals surface area contributed by atoms with E-state index in [0.29, 0.717) is 22.6 Å². The third-order valence-corrected chi connectivity index (χ3v) is 3.15. The van der Waals surface area contributed by atoms with E-state index in [1.54, 1.807) is 43.3 Å². The van der Waals surface area contributed by atoms with E-state index in [-0.39, 0.29) is 5.69 Å². The molecule has 1 amide bonds. The van der Waals surface area contributed by atoms with Crippen LogP contribution >= 0.6 is 0 Å². The first kappa shape index (κ1) is 16.2. The zero-order valence-electron chi connectivity index (χ0n) is 12.6. The molecule has 1 N–H and O–H groups in total. The van der Waals surface area contributed by atoms with Crippen molar-refractivity contribution in [3.8, 4) is 5.75 Å². The van der Waals surface area contributed by atoms with Gasteiger partial charge in [0.15, 0.2) is 0 Å². The van der Waals surface area contributed by atoms with Crippen molar-refractivity contribution in [2.45, 2.75) is 6.92 Å². The largest absolute Gasteiger partial charge is 0.496 e. The zero-order chi connectivity index (χ0) is 16.8. The number of hydrogen-bond donors (Lipinski definition) is 1. The first-order valence-corrected chi connectivity index (χ1v) is 6.75. The van der Waals surface area contributed by atoms with E-state index >= 15 is 0 Å². The highest BCUT2D eigenvalue weighted by molar-refractivity contribution is 6.01. The molecule has 7 nitrogen and oxygen atoms in total. The molecule has 0 spiro atoms. The second-order valence-corrected chi connectivity index (χ2v) is 4.65. The van der Waals surface area contributed by atoms with Gasteiger partial charge < -0.3 is 4.74 Å². The molecule has 118 valence electrons. The van der Waals surface area contributed by atoms with Gasteiger partial charge in [0.25, 0.3) is 11.6 Å². The van der Waals surface area contributed by atoms with Gasteiger partial charge in [-0.3, -0.25) is 14.9 Å². The molecule has 0 atom stereocenters. The number of nitrogens with zero attached hydrogens (tertiary/aromatic N) is 2. The molecule has 23 heavy (non-hydrogen) atoms. The van der Waals surface area contributed by atoms with Crippen LogP contribution < -0.4 is 10.2 Å². The molecule has 0 saturated carbocycles. The fourth-order valence-electron chi connectivity index (χ4n) is 1.94. The van der Waals surface area contributed by atoms with Crippen molar-refractivity contribution in [1.29, 1.82) is 0 Å². The summed E-state index contributed by atoms with van der Waals surface area (Å²) in [6.45, 7) is 1.65. The summed E-state index contributed by atoms with van der Waals surface area (Å²) in [5, 5.41) is 14.8. The van der Waals surface area contributed by atoms with Crippen molar-refractivity contribution in [2.24, 2.45) is 5.10 Å². The average molecular weight is 313 g/mol. The molecule has 0 heterocycles. The Morgan fingerprint density at radius 2 is 1.96 bits per heavy atom. The van der Waals surface area contributed by atoms with Crippen molar-refractivity contribution in [2.75, 3.05) is 7.11 Å². The number of para-hydroxylation sites is 1. The Morgan fingerprint density at radius 3 is 2.65 bits per heavy atom.